The average Bonchev–Trinajstić information content (AvgIpc) is 2.76. The van der Waals surface area contributed by atoms with Crippen LogP contribution in [0, 0.1) is 6.92 Å². The van der Waals surface area contributed by atoms with E-state index in [9.17, 15) is 22.0 Å². The third-order valence-electron chi connectivity index (χ3n) is 4.52. The molecule has 0 radical (unpaired) electrons. The van der Waals surface area contributed by atoms with Crippen molar-refractivity contribution in [3.63, 3.8) is 0 Å². The normalized spacial score (nSPS) is 11.2. The monoisotopic (exact) mass is 462 g/mol. The maximum Gasteiger partial charge on any atom is 0.387 e. The topological polar surface area (TPSA) is 93.7 Å². The molecule has 1 amide bonds. The highest BCUT2D eigenvalue weighted by molar-refractivity contribution is 7.92. The lowest BCUT2D eigenvalue weighted by Gasteiger charge is -2.13. The Morgan fingerprint density at radius 1 is 0.969 bits per heavy atom. The Kier molecular flexibility index (Phi) is 6.94. The Labute approximate surface area is 184 Å². The Bertz CT molecular complexity index is 1200. The van der Waals surface area contributed by atoms with E-state index in [0.717, 1.165) is 0 Å². The minimum Gasteiger partial charge on any atom is -0.497 e. The number of ether oxygens (including phenoxy) is 2. The van der Waals surface area contributed by atoms with Gasteiger partial charge in [0, 0.05) is 22.5 Å². The maximum atomic E-state index is 12.6. The van der Waals surface area contributed by atoms with Gasteiger partial charge in [-0.3, -0.25) is 9.52 Å². The summed E-state index contributed by atoms with van der Waals surface area (Å²) in [5, 5.41) is 2.61. The molecule has 0 bridgehead atoms. The molecule has 0 aliphatic rings. The van der Waals surface area contributed by atoms with Gasteiger partial charge in [0.05, 0.1) is 12.0 Å². The van der Waals surface area contributed by atoms with E-state index in [1.54, 1.807) is 30.3 Å². The summed E-state index contributed by atoms with van der Waals surface area (Å²) in [6, 6.07) is 16.0. The molecule has 168 valence electrons. The number of methoxy groups -OCH3 is 1. The predicted octanol–water partition coefficient (Wildman–Crippen LogP) is 4.66. The van der Waals surface area contributed by atoms with Gasteiger partial charge < -0.3 is 14.8 Å². The fourth-order valence-corrected chi connectivity index (χ4v) is 3.89. The Morgan fingerprint density at radius 2 is 1.62 bits per heavy atom. The van der Waals surface area contributed by atoms with Gasteiger partial charge in [-0.1, -0.05) is 6.07 Å². The van der Waals surface area contributed by atoms with Crippen LogP contribution in [0.1, 0.15) is 15.9 Å². The van der Waals surface area contributed by atoms with Gasteiger partial charge in [-0.2, -0.15) is 8.78 Å². The van der Waals surface area contributed by atoms with Gasteiger partial charge >= 0.3 is 6.61 Å². The average molecular weight is 462 g/mol. The second-order valence-corrected chi connectivity index (χ2v) is 8.30. The van der Waals surface area contributed by atoms with Gasteiger partial charge in [-0.25, -0.2) is 8.42 Å². The molecule has 0 unspecified atom stereocenters. The number of alkyl halides is 2. The van der Waals surface area contributed by atoms with E-state index in [1.165, 1.54) is 50.4 Å². The molecule has 0 aliphatic carbocycles. The van der Waals surface area contributed by atoms with Gasteiger partial charge in [-0.05, 0) is 67.6 Å². The van der Waals surface area contributed by atoms with Crippen LogP contribution < -0.4 is 19.5 Å². The number of rotatable bonds is 8. The van der Waals surface area contributed by atoms with Gasteiger partial charge in [0.1, 0.15) is 11.5 Å². The summed E-state index contributed by atoms with van der Waals surface area (Å²) >= 11 is 0. The van der Waals surface area contributed by atoms with Crippen LogP contribution in [0.5, 0.6) is 11.5 Å². The smallest absolute Gasteiger partial charge is 0.387 e. The summed E-state index contributed by atoms with van der Waals surface area (Å²) in [5.41, 5.74) is 1.18. The summed E-state index contributed by atoms with van der Waals surface area (Å²) in [7, 11) is -2.36. The number of nitrogens with one attached hydrogen (secondary N) is 2. The molecule has 0 saturated carbocycles. The molecule has 0 saturated heterocycles. The van der Waals surface area contributed by atoms with Gasteiger partial charge in [-0.15, -0.1) is 0 Å². The van der Waals surface area contributed by atoms with E-state index in [1.807, 2.05) is 0 Å². The van der Waals surface area contributed by atoms with Crippen LogP contribution >= 0.6 is 0 Å². The van der Waals surface area contributed by atoms with Crippen molar-refractivity contribution in [1.29, 1.82) is 0 Å². The highest BCUT2D eigenvalue weighted by Crippen LogP contribution is 2.27. The lowest BCUT2D eigenvalue weighted by molar-refractivity contribution is -0.0502. The van der Waals surface area contributed by atoms with E-state index >= 15 is 0 Å². The summed E-state index contributed by atoms with van der Waals surface area (Å²) in [5.74, 6) is 0.00283. The highest BCUT2D eigenvalue weighted by Gasteiger charge is 2.17. The van der Waals surface area contributed by atoms with E-state index < -0.39 is 22.5 Å². The van der Waals surface area contributed by atoms with E-state index in [0.29, 0.717) is 22.7 Å². The first-order valence-electron chi connectivity index (χ1n) is 9.32. The molecule has 0 fully saturated rings. The number of carbonyl (C=O) groups is 1. The Hall–Kier alpha value is -3.66. The van der Waals surface area contributed by atoms with Crippen LogP contribution in [0.2, 0.25) is 0 Å². The van der Waals surface area contributed by atoms with Crippen molar-refractivity contribution in [3.05, 3.63) is 77.9 Å². The number of amides is 1. The first kappa shape index (κ1) is 23.0. The number of carbonyl (C=O) groups excluding carboxylic acids is 1. The molecule has 0 spiro atoms. The van der Waals surface area contributed by atoms with Crippen LogP contribution in [0.25, 0.3) is 0 Å². The highest BCUT2D eigenvalue weighted by atomic mass is 32.2. The maximum absolute atomic E-state index is 12.6. The zero-order valence-electron chi connectivity index (χ0n) is 17.1. The number of halogens is 2. The van der Waals surface area contributed by atoms with Crippen molar-refractivity contribution in [2.24, 2.45) is 0 Å². The summed E-state index contributed by atoms with van der Waals surface area (Å²) in [6.07, 6.45) is 0. The SMILES string of the molecule is COc1ccc(NS(=O)(=O)c2ccc(C(=O)Nc3cccc(OC(F)F)c3C)cc2)cc1. The zero-order valence-corrected chi connectivity index (χ0v) is 18.0. The minimum absolute atomic E-state index is 0.0339. The van der Waals surface area contributed by atoms with E-state index in [-0.39, 0.29) is 16.2 Å². The van der Waals surface area contributed by atoms with Crippen LogP contribution in [0.3, 0.4) is 0 Å². The standard InChI is InChI=1S/C22H20F2N2O5S/c1-14-19(4-3-5-20(14)31-22(23)24)25-21(27)15-6-12-18(13-7-15)32(28,29)26-16-8-10-17(30-2)11-9-16/h3-13,22,26H,1-2H3,(H,25,27). The second-order valence-electron chi connectivity index (χ2n) is 6.62. The fraction of sp³-hybridized carbons (Fsp3) is 0.136. The molecule has 0 aromatic heterocycles. The fourth-order valence-electron chi connectivity index (χ4n) is 2.83. The number of sulfonamides is 1. The largest absolute Gasteiger partial charge is 0.497 e. The molecule has 2 N–H and O–H groups in total. The quantitative estimate of drug-likeness (QED) is 0.508. The molecular formula is C22H20F2N2O5S. The van der Waals surface area contributed by atoms with Gasteiger partial charge in [0.2, 0.25) is 0 Å². The number of hydrogen-bond donors (Lipinski definition) is 2. The molecule has 10 heteroatoms. The van der Waals surface area contributed by atoms with Crippen LogP contribution in [-0.4, -0.2) is 28.0 Å². The molecule has 0 heterocycles. The number of anilines is 2. The molecule has 3 rings (SSSR count). The molecule has 3 aromatic carbocycles. The molecule has 7 nitrogen and oxygen atoms in total. The van der Waals surface area contributed by atoms with Crippen molar-refractivity contribution in [2.75, 3.05) is 17.1 Å². The number of benzene rings is 3. The first-order chi connectivity index (χ1) is 15.2. The molecule has 32 heavy (non-hydrogen) atoms. The van der Waals surface area contributed by atoms with E-state index in [2.05, 4.69) is 14.8 Å². The van der Waals surface area contributed by atoms with Crippen LogP contribution in [0.4, 0.5) is 20.2 Å². The predicted molar refractivity (Wildman–Crippen MR) is 116 cm³/mol. The van der Waals surface area contributed by atoms with Gasteiger partial charge in [0.15, 0.2) is 0 Å². The van der Waals surface area contributed by atoms with Crippen molar-refractivity contribution in [1.82, 2.24) is 0 Å². The van der Waals surface area contributed by atoms with Crippen molar-refractivity contribution >= 4 is 27.3 Å². The lowest BCUT2D eigenvalue weighted by atomic mass is 10.1. The molecule has 0 aliphatic heterocycles. The first-order valence-corrected chi connectivity index (χ1v) is 10.8. The lowest BCUT2D eigenvalue weighted by Crippen LogP contribution is -2.15. The van der Waals surface area contributed by atoms with Gasteiger partial charge in [0.25, 0.3) is 15.9 Å². The third-order valence-corrected chi connectivity index (χ3v) is 5.91. The minimum atomic E-state index is -3.87. The Balaban J connectivity index is 1.72. The molecule has 3 aromatic rings. The zero-order chi connectivity index (χ0) is 23.3. The second kappa shape index (κ2) is 9.65. The summed E-state index contributed by atoms with van der Waals surface area (Å²) in [6.45, 7) is -1.45. The Morgan fingerprint density at radius 3 is 2.22 bits per heavy atom. The van der Waals surface area contributed by atoms with Crippen molar-refractivity contribution in [3.8, 4) is 11.5 Å². The summed E-state index contributed by atoms with van der Waals surface area (Å²) in [4.78, 5) is 12.5. The van der Waals surface area contributed by atoms with Crippen LogP contribution in [-0.2, 0) is 10.0 Å². The van der Waals surface area contributed by atoms with E-state index in [4.69, 9.17) is 4.74 Å². The van der Waals surface area contributed by atoms with Crippen molar-refractivity contribution < 1.29 is 31.5 Å². The molecular weight excluding hydrogens is 442 g/mol. The summed E-state index contributed by atoms with van der Waals surface area (Å²) < 4.78 is 62.1. The molecule has 0 atom stereocenters. The van der Waals surface area contributed by atoms with Crippen molar-refractivity contribution in [2.45, 2.75) is 18.4 Å². The van der Waals surface area contributed by atoms with Crippen LogP contribution in [0.15, 0.2) is 71.6 Å². The third kappa shape index (κ3) is 5.52. The number of hydrogen-bond acceptors (Lipinski definition) is 5.